The van der Waals surface area contributed by atoms with Gasteiger partial charge in [-0.2, -0.15) is 0 Å². The van der Waals surface area contributed by atoms with Gasteiger partial charge in [-0.1, -0.05) is 28.1 Å². The van der Waals surface area contributed by atoms with Crippen molar-refractivity contribution < 1.29 is 5.11 Å². The van der Waals surface area contributed by atoms with E-state index in [9.17, 15) is 5.11 Å². The van der Waals surface area contributed by atoms with Crippen molar-refractivity contribution >= 4 is 15.9 Å². The Balaban J connectivity index is 2.51. The fourth-order valence-electron chi connectivity index (χ4n) is 1.76. The number of aliphatic hydroxyl groups is 1. The lowest BCUT2D eigenvalue weighted by molar-refractivity contribution is 0.0891. The van der Waals surface area contributed by atoms with Crippen LogP contribution in [0.3, 0.4) is 0 Å². The van der Waals surface area contributed by atoms with Crippen molar-refractivity contribution in [2.24, 2.45) is 7.05 Å². The minimum absolute atomic E-state index is 0.630. The van der Waals surface area contributed by atoms with Gasteiger partial charge in [-0.3, -0.25) is 0 Å². The highest BCUT2D eigenvalue weighted by Crippen LogP contribution is 2.29. The average Bonchev–Trinajstić information content (AvgIpc) is 2.65. The molecule has 0 amide bonds. The Kier molecular flexibility index (Phi) is 2.86. The molecule has 2 rings (SSSR count). The lowest BCUT2D eigenvalue weighted by Crippen LogP contribution is -2.26. The quantitative estimate of drug-likeness (QED) is 0.918. The molecule has 0 radical (unpaired) electrons. The second-order valence-corrected chi connectivity index (χ2v) is 4.86. The van der Waals surface area contributed by atoms with Gasteiger partial charge in [0.15, 0.2) is 0 Å². The molecule has 0 saturated carbocycles. The van der Waals surface area contributed by atoms with E-state index in [2.05, 4.69) is 20.9 Å². The summed E-state index contributed by atoms with van der Waals surface area (Å²) in [6.07, 6.45) is 3.50. The lowest BCUT2D eigenvalue weighted by atomic mass is 9.95. The zero-order chi connectivity index (χ0) is 11.8. The van der Waals surface area contributed by atoms with Crippen molar-refractivity contribution in [3.8, 4) is 0 Å². The second-order valence-electron chi connectivity index (χ2n) is 3.94. The van der Waals surface area contributed by atoms with Gasteiger partial charge in [0.25, 0.3) is 0 Å². The zero-order valence-electron chi connectivity index (χ0n) is 9.18. The van der Waals surface area contributed by atoms with Crippen molar-refractivity contribution in [2.75, 3.05) is 0 Å². The summed E-state index contributed by atoms with van der Waals surface area (Å²) < 4.78 is 2.76. The van der Waals surface area contributed by atoms with Gasteiger partial charge in [0.05, 0.1) is 0 Å². The second kappa shape index (κ2) is 4.03. The average molecular weight is 281 g/mol. The molecule has 1 unspecified atom stereocenters. The first-order chi connectivity index (χ1) is 7.51. The summed E-state index contributed by atoms with van der Waals surface area (Å²) in [5.74, 6) is 0.630. The van der Waals surface area contributed by atoms with Crippen molar-refractivity contribution in [3.63, 3.8) is 0 Å². The number of hydrogen-bond acceptors (Lipinski definition) is 2. The van der Waals surface area contributed by atoms with Gasteiger partial charge in [0.1, 0.15) is 11.4 Å². The molecule has 0 aliphatic carbocycles. The molecule has 84 valence electrons. The third-order valence-electron chi connectivity index (χ3n) is 2.64. The number of aromatic nitrogens is 2. The van der Waals surface area contributed by atoms with E-state index in [4.69, 9.17) is 0 Å². The molecule has 1 aromatic carbocycles. The summed E-state index contributed by atoms with van der Waals surface area (Å²) in [5, 5.41) is 10.5. The van der Waals surface area contributed by atoms with Gasteiger partial charge in [0, 0.05) is 23.9 Å². The molecular formula is C12H13BrN2O. The molecule has 0 saturated heterocycles. The Hall–Kier alpha value is -1.13. The van der Waals surface area contributed by atoms with Crippen LogP contribution in [0.4, 0.5) is 0 Å². The summed E-state index contributed by atoms with van der Waals surface area (Å²) >= 11 is 3.40. The van der Waals surface area contributed by atoms with Gasteiger partial charge in [0.2, 0.25) is 0 Å². The summed E-state index contributed by atoms with van der Waals surface area (Å²) in [4.78, 5) is 4.19. The Morgan fingerprint density at radius 3 is 2.75 bits per heavy atom. The molecule has 0 bridgehead atoms. The monoisotopic (exact) mass is 280 g/mol. The molecule has 0 aliphatic rings. The fourth-order valence-corrected chi connectivity index (χ4v) is 2.15. The maximum absolute atomic E-state index is 10.5. The predicted octanol–water partition coefficient (Wildman–Crippen LogP) is 2.44. The van der Waals surface area contributed by atoms with Gasteiger partial charge in [-0.15, -0.1) is 0 Å². The maximum Gasteiger partial charge on any atom is 0.144 e. The highest BCUT2D eigenvalue weighted by molar-refractivity contribution is 9.10. The number of imidazole rings is 1. The minimum Gasteiger partial charge on any atom is -0.377 e. The summed E-state index contributed by atoms with van der Waals surface area (Å²) in [6, 6.07) is 7.61. The van der Waals surface area contributed by atoms with Gasteiger partial charge in [-0.05, 0) is 24.6 Å². The normalized spacial score (nSPS) is 14.8. The Bertz CT molecular complexity index is 505. The van der Waals surface area contributed by atoms with E-state index in [1.807, 2.05) is 42.1 Å². The topological polar surface area (TPSA) is 38.0 Å². The summed E-state index contributed by atoms with van der Waals surface area (Å²) in [6.45, 7) is 1.75. The van der Waals surface area contributed by atoms with Gasteiger partial charge < -0.3 is 9.67 Å². The molecule has 2 aromatic rings. The summed E-state index contributed by atoms with van der Waals surface area (Å²) in [5.41, 5.74) is -0.265. The van der Waals surface area contributed by atoms with Crippen LogP contribution in [0.1, 0.15) is 18.3 Å². The SMILES string of the molecule is Cn1ccnc1C(C)(O)c1cccc(Br)c1. The fraction of sp³-hybridized carbons (Fsp3) is 0.250. The number of benzene rings is 1. The van der Waals surface area contributed by atoms with E-state index in [-0.39, 0.29) is 0 Å². The van der Waals surface area contributed by atoms with Crippen molar-refractivity contribution in [2.45, 2.75) is 12.5 Å². The van der Waals surface area contributed by atoms with E-state index in [1.165, 1.54) is 0 Å². The number of aryl methyl sites for hydroxylation is 1. The van der Waals surface area contributed by atoms with Crippen molar-refractivity contribution in [1.82, 2.24) is 9.55 Å². The Morgan fingerprint density at radius 1 is 1.44 bits per heavy atom. The molecule has 1 aromatic heterocycles. The highest BCUT2D eigenvalue weighted by atomic mass is 79.9. The molecule has 0 spiro atoms. The summed E-state index contributed by atoms with van der Waals surface area (Å²) in [7, 11) is 1.87. The molecular weight excluding hydrogens is 268 g/mol. The van der Waals surface area contributed by atoms with Crippen molar-refractivity contribution in [1.29, 1.82) is 0 Å². The first-order valence-electron chi connectivity index (χ1n) is 4.98. The molecule has 16 heavy (non-hydrogen) atoms. The van der Waals surface area contributed by atoms with E-state index in [0.29, 0.717) is 5.82 Å². The van der Waals surface area contributed by atoms with Crippen LogP contribution in [-0.4, -0.2) is 14.7 Å². The zero-order valence-corrected chi connectivity index (χ0v) is 10.8. The largest absolute Gasteiger partial charge is 0.377 e. The number of halogens is 1. The van der Waals surface area contributed by atoms with Crippen LogP contribution in [0.15, 0.2) is 41.1 Å². The molecule has 0 aliphatic heterocycles. The standard InChI is InChI=1S/C12H13BrN2O/c1-12(16,11-14-6-7-15(11)2)9-4-3-5-10(13)8-9/h3-8,16H,1-2H3. The Labute approximate surface area is 103 Å². The van der Waals surface area contributed by atoms with Crippen LogP contribution >= 0.6 is 15.9 Å². The number of hydrogen-bond donors (Lipinski definition) is 1. The molecule has 1 N–H and O–H groups in total. The Morgan fingerprint density at radius 2 is 2.19 bits per heavy atom. The predicted molar refractivity (Wildman–Crippen MR) is 66.0 cm³/mol. The maximum atomic E-state index is 10.5. The molecule has 1 heterocycles. The van der Waals surface area contributed by atoms with Crippen LogP contribution in [0.5, 0.6) is 0 Å². The smallest absolute Gasteiger partial charge is 0.144 e. The van der Waals surface area contributed by atoms with Crippen LogP contribution in [0, 0.1) is 0 Å². The minimum atomic E-state index is -1.08. The van der Waals surface area contributed by atoms with Gasteiger partial charge in [-0.25, -0.2) is 4.98 Å². The van der Waals surface area contributed by atoms with Crippen LogP contribution in [0.25, 0.3) is 0 Å². The molecule has 3 nitrogen and oxygen atoms in total. The van der Waals surface area contributed by atoms with Gasteiger partial charge >= 0.3 is 0 Å². The highest BCUT2D eigenvalue weighted by Gasteiger charge is 2.29. The van der Waals surface area contributed by atoms with E-state index < -0.39 is 5.60 Å². The van der Waals surface area contributed by atoms with Crippen LogP contribution in [0.2, 0.25) is 0 Å². The third kappa shape index (κ3) is 1.90. The van der Waals surface area contributed by atoms with Crippen LogP contribution in [-0.2, 0) is 12.6 Å². The lowest BCUT2D eigenvalue weighted by Gasteiger charge is -2.23. The molecule has 1 atom stereocenters. The molecule has 0 fully saturated rings. The first kappa shape index (κ1) is 11.4. The van der Waals surface area contributed by atoms with E-state index in [1.54, 1.807) is 13.1 Å². The van der Waals surface area contributed by atoms with Crippen LogP contribution < -0.4 is 0 Å². The number of rotatable bonds is 2. The first-order valence-corrected chi connectivity index (χ1v) is 5.77. The van der Waals surface area contributed by atoms with E-state index in [0.717, 1.165) is 10.0 Å². The third-order valence-corrected chi connectivity index (χ3v) is 3.14. The van der Waals surface area contributed by atoms with E-state index >= 15 is 0 Å². The van der Waals surface area contributed by atoms with Crippen molar-refractivity contribution in [3.05, 3.63) is 52.5 Å². The number of nitrogens with zero attached hydrogens (tertiary/aromatic N) is 2. The molecule has 4 heteroatoms.